The van der Waals surface area contributed by atoms with E-state index in [0.717, 1.165) is 0 Å². The lowest BCUT2D eigenvalue weighted by Gasteiger charge is -2.10. The van der Waals surface area contributed by atoms with E-state index in [-0.39, 0.29) is 12.5 Å². The maximum atomic E-state index is 13.0. The molecule has 0 bridgehead atoms. The van der Waals surface area contributed by atoms with Gasteiger partial charge in [-0.2, -0.15) is 5.10 Å². The second-order valence-electron chi connectivity index (χ2n) is 7.53. The molecule has 0 saturated carbocycles. The maximum Gasteiger partial charge on any atom is 0.287 e. The molecule has 36 heavy (non-hydrogen) atoms. The number of carbonyl (C=O) groups is 2. The molecule has 1 aliphatic rings. The van der Waals surface area contributed by atoms with Crippen molar-refractivity contribution in [3.05, 3.63) is 89.1 Å². The summed E-state index contributed by atoms with van der Waals surface area (Å²) in [4.78, 5) is 25.7. The molecule has 0 aromatic heterocycles. The molecular weight excluding hydrogens is 462 g/mol. The molecule has 2 amide bonds. The van der Waals surface area contributed by atoms with Gasteiger partial charge in [0.2, 0.25) is 6.79 Å². The smallest absolute Gasteiger partial charge is 0.287 e. The van der Waals surface area contributed by atoms with E-state index in [2.05, 4.69) is 15.8 Å². The molecule has 2 N–H and O–H groups in total. The van der Waals surface area contributed by atoms with Gasteiger partial charge >= 0.3 is 0 Å². The first-order valence-electron chi connectivity index (χ1n) is 11.2. The minimum absolute atomic E-state index is 0.00384. The zero-order valence-corrected chi connectivity index (χ0v) is 19.8. The van der Waals surface area contributed by atoms with Gasteiger partial charge in [0.15, 0.2) is 23.0 Å². The van der Waals surface area contributed by atoms with Crippen LogP contribution in [-0.4, -0.2) is 38.5 Å². The number of hydrazone groups is 1. The lowest BCUT2D eigenvalue weighted by Crippen LogP contribution is -2.32. The summed E-state index contributed by atoms with van der Waals surface area (Å²) in [7, 11) is 1.54. The largest absolute Gasteiger partial charge is 0.493 e. The predicted molar refractivity (Wildman–Crippen MR) is 134 cm³/mol. The molecule has 0 saturated heterocycles. The average Bonchev–Trinajstić information content (AvgIpc) is 3.37. The van der Waals surface area contributed by atoms with E-state index in [4.69, 9.17) is 18.9 Å². The van der Waals surface area contributed by atoms with Crippen LogP contribution < -0.4 is 29.7 Å². The molecule has 0 aliphatic carbocycles. The van der Waals surface area contributed by atoms with Crippen molar-refractivity contribution in [2.75, 3.05) is 20.5 Å². The molecule has 0 fully saturated rings. The van der Waals surface area contributed by atoms with E-state index in [0.29, 0.717) is 46.3 Å². The van der Waals surface area contributed by atoms with Gasteiger partial charge in [0.25, 0.3) is 11.8 Å². The van der Waals surface area contributed by atoms with Crippen LogP contribution in [-0.2, 0) is 4.79 Å². The van der Waals surface area contributed by atoms with Gasteiger partial charge in [0.05, 0.1) is 19.9 Å². The Morgan fingerprint density at radius 2 is 1.75 bits per heavy atom. The van der Waals surface area contributed by atoms with Crippen molar-refractivity contribution in [3.8, 4) is 23.0 Å². The van der Waals surface area contributed by atoms with E-state index in [1.54, 1.807) is 73.8 Å². The van der Waals surface area contributed by atoms with Crippen molar-refractivity contribution >= 4 is 24.1 Å². The first kappa shape index (κ1) is 24.3. The number of amides is 2. The normalized spacial score (nSPS) is 12.3. The number of hydrogen-bond donors (Lipinski definition) is 2. The minimum atomic E-state index is -0.605. The molecule has 9 nitrogen and oxygen atoms in total. The molecule has 1 aliphatic heterocycles. The zero-order valence-electron chi connectivity index (χ0n) is 19.8. The van der Waals surface area contributed by atoms with Gasteiger partial charge in [0.1, 0.15) is 5.70 Å². The Hall–Kier alpha value is -4.79. The maximum absolute atomic E-state index is 13.0. The second kappa shape index (κ2) is 11.6. The highest BCUT2D eigenvalue weighted by Crippen LogP contribution is 2.33. The Morgan fingerprint density at radius 3 is 2.53 bits per heavy atom. The second-order valence-corrected chi connectivity index (χ2v) is 7.53. The molecule has 4 rings (SSSR count). The van der Waals surface area contributed by atoms with Crippen molar-refractivity contribution in [1.29, 1.82) is 0 Å². The van der Waals surface area contributed by atoms with Crippen molar-refractivity contribution in [3.63, 3.8) is 0 Å². The number of carbonyl (C=O) groups excluding carboxylic acids is 2. The number of benzene rings is 3. The number of nitrogens with one attached hydrogen (secondary N) is 2. The standard InChI is InChI=1S/C27H25N3O6/c1-3-34-22-12-10-19(15-24(22)33-2)16-28-30-27(32)21(29-26(31)20-7-5-4-6-8-20)13-18-9-11-23-25(14-18)36-17-35-23/h4-16H,3,17H2,1-2H3,(H,29,31)(H,30,32)/b21-13+,28-16-. The molecule has 0 radical (unpaired) electrons. The Morgan fingerprint density at radius 1 is 0.972 bits per heavy atom. The van der Waals surface area contributed by atoms with Crippen molar-refractivity contribution in [2.24, 2.45) is 5.10 Å². The number of methoxy groups -OCH3 is 1. The van der Waals surface area contributed by atoms with Crippen LogP contribution >= 0.6 is 0 Å². The third-order valence-electron chi connectivity index (χ3n) is 5.10. The summed E-state index contributed by atoms with van der Waals surface area (Å²) in [6, 6.07) is 19.1. The van der Waals surface area contributed by atoms with Gasteiger partial charge < -0.3 is 24.3 Å². The summed E-state index contributed by atoms with van der Waals surface area (Å²) in [5.41, 5.74) is 4.19. The minimum Gasteiger partial charge on any atom is -0.493 e. The highest BCUT2D eigenvalue weighted by molar-refractivity contribution is 6.05. The van der Waals surface area contributed by atoms with E-state index in [1.165, 1.54) is 12.3 Å². The van der Waals surface area contributed by atoms with Gasteiger partial charge in [-0.1, -0.05) is 24.3 Å². The van der Waals surface area contributed by atoms with E-state index in [9.17, 15) is 9.59 Å². The van der Waals surface area contributed by atoms with Crippen molar-refractivity contribution in [1.82, 2.24) is 10.7 Å². The van der Waals surface area contributed by atoms with Gasteiger partial charge in [0, 0.05) is 5.56 Å². The van der Waals surface area contributed by atoms with Crippen molar-refractivity contribution < 1.29 is 28.5 Å². The number of hydrogen-bond acceptors (Lipinski definition) is 7. The highest BCUT2D eigenvalue weighted by atomic mass is 16.7. The number of rotatable bonds is 9. The summed E-state index contributed by atoms with van der Waals surface area (Å²) in [6.45, 7) is 2.52. The fourth-order valence-electron chi connectivity index (χ4n) is 3.38. The molecule has 9 heteroatoms. The first-order chi connectivity index (χ1) is 17.6. The molecule has 3 aromatic carbocycles. The summed E-state index contributed by atoms with van der Waals surface area (Å²) in [6.07, 6.45) is 3.00. The summed E-state index contributed by atoms with van der Waals surface area (Å²) in [5.74, 6) is 1.29. The van der Waals surface area contributed by atoms with Crippen LogP contribution in [0.15, 0.2) is 77.5 Å². The number of fused-ring (bicyclic) bond motifs is 1. The van der Waals surface area contributed by atoms with E-state index >= 15 is 0 Å². The Bertz CT molecular complexity index is 1300. The third kappa shape index (κ3) is 6.01. The van der Waals surface area contributed by atoms with E-state index in [1.807, 2.05) is 6.92 Å². The van der Waals surface area contributed by atoms with Gasteiger partial charge in [-0.3, -0.25) is 9.59 Å². The lowest BCUT2D eigenvalue weighted by molar-refractivity contribution is -0.117. The highest BCUT2D eigenvalue weighted by Gasteiger charge is 2.17. The number of ether oxygens (including phenoxy) is 4. The summed E-state index contributed by atoms with van der Waals surface area (Å²) >= 11 is 0. The Labute approximate surface area is 208 Å². The van der Waals surface area contributed by atoms with Gasteiger partial charge in [-0.15, -0.1) is 0 Å². The first-order valence-corrected chi connectivity index (χ1v) is 11.2. The quantitative estimate of drug-likeness (QED) is 0.271. The predicted octanol–water partition coefficient (Wildman–Crippen LogP) is 3.74. The molecule has 184 valence electrons. The topological polar surface area (TPSA) is 107 Å². The summed E-state index contributed by atoms with van der Waals surface area (Å²) < 4.78 is 21.6. The van der Waals surface area contributed by atoms with Crippen LogP contribution in [0.4, 0.5) is 0 Å². The lowest BCUT2D eigenvalue weighted by atomic mass is 10.1. The SMILES string of the molecule is CCOc1ccc(/C=N\NC(=O)/C(=C\c2ccc3c(c2)OCO3)NC(=O)c2ccccc2)cc1OC. The molecule has 0 unspecified atom stereocenters. The van der Waals surface area contributed by atoms with Crippen LogP contribution in [0.2, 0.25) is 0 Å². The monoisotopic (exact) mass is 487 g/mol. The third-order valence-corrected chi connectivity index (χ3v) is 5.10. The van der Waals surface area contributed by atoms with Crippen LogP contribution in [0.25, 0.3) is 6.08 Å². The molecular formula is C27H25N3O6. The molecule has 0 spiro atoms. The van der Waals surface area contributed by atoms with Gasteiger partial charge in [-0.25, -0.2) is 5.43 Å². The Kier molecular flexibility index (Phi) is 7.82. The van der Waals surface area contributed by atoms with Crippen LogP contribution in [0, 0.1) is 0 Å². The van der Waals surface area contributed by atoms with Crippen LogP contribution in [0.3, 0.4) is 0 Å². The molecule has 1 heterocycles. The summed E-state index contributed by atoms with van der Waals surface area (Å²) in [5, 5.41) is 6.70. The Balaban J connectivity index is 1.53. The van der Waals surface area contributed by atoms with Gasteiger partial charge in [-0.05, 0) is 66.6 Å². The van der Waals surface area contributed by atoms with Crippen LogP contribution in [0.1, 0.15) is 28.4 Å². The fourth-order valence-corrected chi connectivity index (χ4v) is 3.38. The zero-order chi connectivity index (χ0) is 25.3. The molecule has 0 atom stereocenters. The average molecular weight is 488 g/mol. The number of nitrogens with zero attached hydrogens (tertiary/aromatic N) is 1. The van der Waals surface area contributed by atoms with E-state index < -0.39 is 11.8 Å². The van der Waals surface area contributed by atoms with Crippen molar-refractivity contribution in [2.45, 2.75) is 6.92 Å². The van der Waals surface area contributed by atoms with Crippen LogP contribution in [0.5, 0.6) is 23.0 Å². The molecule has 3 aromatic rings. The fraction of sp³-hybridized carbons (Fsp3) is 0.148.